The largest absolute Gasteiger partial charge is 0.363 e. The number of nitrogens with zero attached hydrogens (tertiary/aromatic N) is 2. The normalized spacial score (nSPS) is 13.3. The van der Waals surface area contributed by atoms with E-state index in [9.17, 15) is 0 Å². The highest BCUT2D eigenvalue weighted by atomic mass is 15.1. The van der Waals surface area contributed by atoms with Crippen LogP contribution in [-0.2, 0) is 26.6 Å². The van der Waals surface area contributed by atoms with Crippen molar-refractivity contribution in [2.45, 2.75) is 19.5 Å². The summed E-state index contributed by atoms with van der Waals surface area (Å²) >= 11 is 0. The van der Waals surface area contributed by atoms with Crippen molar-refractivity contribution in [1.29, 1.82) is 0 Å². The Morgan fingerprint density at radius 2 is 1.37 bits per heavy atom. The van der Waals surface area contributed by atoms with Gasteiger partial charge in [0.15, 0.2) is 0 Å². The van der Waals surface area contributed by atoms with Crippen molar-refractivity contribution in [2.24, 2.45) is 7.05 Å². The van der Waals surface area contributed by atoms with Crippen LogP contribution in [0, 0.1) is 0 Å². The third-order valence-corrected chi connectivity index (χ3v) is 6.58. The molecule has 146 valence electrons. The van der Waals surface area contributed by atoms with Crippen LogP contribution in [0.4, 0.5) is 5.69 Å². The van der Waals surface area contributed by atoms with Crippen LogP contribution in [0.1, 0.15) is 22.3 Å². The van der Waals surface area contributed by atoms with Crippen LogP contribution in [-0.4, -0.2) is 4.57 Å². The molecule has 0 N–H and O–H groups in total. The Kier molecular flexibility index (Phi) is 3.92. The van der Waals surface area contributed by atoms with Crippen LogP contribution >= 0.6 is 0 Å². The molecule has 4 aromatic carbocycles. The number of anilines is 1. The van der Waals surface area contributed by atoms with Crippen LogP contribution in [0.15, 0.2) is 91.0 Å². The Hall–Kier alpha value is -3.52. The molecular weight excluding hydrogens is 364 g/mol. The van der Waals surface area contributed by atoms with E-state index in [0.29, 0.717) is 0 Å². The minimum Gasteiger partial charge on any atom is -0.363 e. The van der Waals surface area contributed by atoms with E-state index in [0.717, 1.165) is 19.5 Å². The Balaban J connectivity index is 1.52. The molecule has 0 atom stereocenters. The molecule has 0 saturated heterocycles. The number of aromatic nitrogens is 1. The minimum absolute atomic E-state index is 0.899. The first-order valence-corrected chi connectivity index (χ1v) is 10.6. The maximum absolute atomic E-state index is 2.55. The number of rotatable bonds is 2. The number of hydrogen-bond donors (Lipinski definition) is 0. The lowest BCUT2D eigenvalue weighted by Gasteiger charge is -2.26. The molecular formula is C28H24N2. The Morgan fingerprint density at radius 1 is 0.667 bits per heavy atom. The SMILES string of the molecule is Cn1c2ccccc2c2c(CN3Cc4ccccc4Cc4ccccc43)cccc21. The van der Waals surface area contributed by atoms with E-state index in [4.69, 9.17) is 0 Å². The van der Waals surface area contributed by atoms with E-state index in [1.54, 1.807) is 0 Å². The van der Waals surface area contributed by atoms with Gasteiger partial charge in [-0.05, 0) is 46.9 Å². The summed E-state index contributed by atoms with van der Waals surface area (Å²) in [4.78, 5) is 2.55. The maximum atomic E-state index is 2.55. The lowest BCUT2D eigenvalue weighted by Crippen LogP contribution is -2.22. The smallest absolute Gasteiger partial charge is 0.0492 e. The third-order valence-electron chi connectivity index (χ3n) is 6.58. The predicted octanol–water partition coefficient (Wildman–Crippen LogP) is 6.44. The predicted molar refractivity (Wildman–Crippen MR) is 126 cm³/mol. The van der Waals surface area contributed by atoms with Gasteiger partial charge in [0.05, 0.1) is 0 Å². The molecule has 0 aliphatic carbocycles. The van der Waals surface area contributed by atoms with Crippen LogP contribution in [0.2, 0.25) is 0 Å². The van der Waals surface area contributed by atoms with Gasteiger partial charge in [-0.2, -0.15) is 0 Å². The molecule has 5 aromatic rings. The summed E-state index contributed by atoms with van der Waals surface area (Å²) < 4.78 is 2.32. The van der Waals surface area contributed by atoms with Gasteiger partial charge in [0.2, 0.25) is 0 Å². The number of para-hydroxylation sites is 2. The summed E-state index contributed by atoms with van der Waals surface area (Å²) in [6.45, 7) is 1.84. The van der Waals surface area contributed by atoms with Gasteiger partial charge < -0.3 is 9.47 Å². The van der Waals surface area contributed by atoms with Gasteiger partial charge in [-0.3, -0.25) is 0 Å². The maximum Gasteiger partial charge on any atom is 0.0492 e. The van der Waals surface area contributed by atoms with E-state index >= 15 is 0 Å². The summed E-state index contributed by atoms with van der Waals surface area (Å²) in [6.07, 6.45) is 1.00. The molecule has 0 unspecified atom stereocenters. The van der Waals surface area contributed by atoms with Gasteiger partial charge in [-0.25, -0.2) is 0 Å². The molecule has 1 aromatic heterocycles. The molecule has 6 rings (SSSR count). The fourth-order valence-corrected chi connectivity index (χ4v) is 5.11. The molecule has 2 heterocycles. The van der Waals surface area contributed by atoms with E-state index in [1.807, 2.05) is 0 Å². The summed E-state index contributed by atoms with van der Waals surface area (Å²) in [5.74, 6) is 0. The number of benzene rings is 4. The van der Waals surface area contributed by atoms with E-state index < -0.39 is 0 Å². The molecule has 0 saturated carbocycles. The fraction of sp³-hybridized carbons (Fsp3) is 0.143. The molecule has 0 spiro atoms. The second-order valence-electron chi connectivity index (χ2n) is 8.32. The molecule has 0 amide bonds. The van der Waals surface area contributed by atoms with Gasteiger partial charge >= 0.3 is 0 Å². The second kappa shape index (κ2) is 6.77. The van der Waals surface area contributed by atoms with Crippen LogP contribution in [0.25, 0.3) is 21.8 Å². The topological polar surface area (TPSA) is 8.17 Å². The van der Waals surface area contributed by atoms with Gasteiger partial charge in [-0.1, -0.05) is 72.8 Å². The molecule has 0 fully saturated rings. The zero-order chi connectivity index (χ0) is 20.1. The van der Waals surface area contributed by atoms with Crippen molar-refractivity contribution >= 4 is 27.5 Å². The average Bonchev–Trinajstić information content (AvgIpc) is 2.98. The summed E-state index contributed by atoms with van der Waals surface area (Å²) in [7, 11) is 2.17. The Labute approximate surface area is 177 Å². The second-order valence-corrected chi connectivity index (χ2v) is 8.32. The molecule has 30 heavy (non-hydrogen) atoms. The summed E-state index contributed by atoms with van der Waals surface area (Å²) in [6, 6.07) is 33.3. The third kappa shape index (κ3) is 2.64. The summed E-state index contributed by atoms with van der Waals surface area (Å²) in [5.41, 5.74) is 9.62. The lowest BCUT2D eigenvalue weighted by atomic mass is 10.0. The first kappa shape index (κ1) is 17.3. The van der Waals surface area contributed by atoms with Gasteiger partial charge in [0.1, 0.15) is 0 Å². The van der Waals surface area contributed by atoms with Crippen molar-refractivity contribution in [1.82, 2.24) is 4.57 Å². The van der Waals surface area contributed by atoms with Crippen LogP contribution in [0.5, 0.6) is 0 Å². The standard InChI is InChI=1S/C28H24N2/c1-29-26-15-7-5-13-24(26)28-23(12-8-16-27(28)29)19-30-18-22-11-3-2-9-20(22)17-21-10-4-6-14-25(21)30/h2-16H,17-19H2,1H3. The van der Waals surface area contributed by atoms with Gasteiger partial charge in [0, 0.05) is 47.6 Å². The Morgan fingerprint density at radius 3 is 2.27 bits per heavy atom. The summed E-state index contributed by atoms with van der Waals surface area (Å²) in [5, 5.41) is 2.72. The Bertz CT molecular complexity index is 1390. The molecule has 2 nitrogen and oxygen atoms in total. The van der Waals surface area contributed by atoms with Crippen molar-refractivity contribution in [2.75, 3.05) is 4.90 Å². The number of fused-ring (bicyclic) bond motifs is 5. The monoisotopic (exact) mass is 388 g/mol. The quantitative estimate of drug-likeness (QED) is 0.338. The highest BCUT2D eigenvalue weighted by Gasteiger charge is 2.20. The molecule has 1 aliphatic heterocycles. The highest BCUT2D eigenvalue weighted by molar-refractivity contribution is 6.09. The first-order chi connectivity index (χ1) is 14.8. The molecule has 2 heteroatoms. The molecule has 1 aliphatic rings. The van der Waals surface area contributed by atoms with Gasteiger partial charge in [-0.15, -0.1) is 0 Å². The minimum atomic E-state index is 0.899. The van der Waals surface area contributed by atoms with E-state index in [2.05, 4.69) is 108 Å². The van der Waals surface area contributed by atoms with Crippen molar-refractivity contribution in [3.8, 4) is 0 Å². The van der Waals surface area contributed by atoms with Gasteiger partial charge in [0.25, 0.3) is 0 Å². The molecule has 0 bridgehead atoms. The van der Waals surface area contributed by atoms with Crippen LogP contribution in [0.3, 0.4) is 0 Å². The zero-order valence-electron chi connectivity index (χ0n) is 17.2. The zero-order valence-corrected chi connectivity index (χ0v) is 17.2. The van der Waals surface area contributed by atoms with E-state index in [1.165, 1.54) is 49.7 Å². The van der Waals surface area contributed by atoms with Crippen molar-refractivity contribution in [3.05, 3.63) is 113 Å². The van der Waals surface area contributed by atoms with E-state index in [-0.39, 0.29) is 0 Å². The van der Waals surface area contributed by atoms with Crippen LogP contribution < -0.4 is 4.90 Å². The lowest BCUT2D eigenvalue weighted by molar-refractivity contribution is 0.806. The fourth-order valence-electron chi connectivity index (χ4n) is 5.11. The molecule has 0 radical (unpaired) electrons. The van der Waals surface area contributed by atoms with Crippen molar-refractivity contribution in [3.63, 3.8) is 0 Å². The average molecular weight is 389 g/mol. The number of aryl methyl sites for hydroxylation is 1. The highest BCUT2D eigenvalue weighted by Crippen LogP contribution is 2.35. The van der Waals surface area contributed by atoms with Crippen molar-refractivity contribution < 1.29 is 0 Å². The first-order valence-electron chi connectivity index (χ1n) is 10.6. The number of hydrogen-bond acceptors (Lipinski definition) is 1.